The largest absolute Gasteiger partial charge is 0.417 e. The molecule has 0 saturated heterocycles. The molecule has 1 N–H and O–H groups in total. The lowest BCUT2D eigenvalue weighted by Gasteiger charge is -2.13. The minimum atomic E-state index is -4.54. The van der Waals surface area contributed by atoms with Crippen molar-refractivity contribution in [1.82, 2.24) is 4.90 Å². The number of ether oxygens (including phenoxy) is 1. The summed E-state index contributed by atoms with van der Waals surface area (Å²) in [7, 11) is 3.86. The third kappa shape index (κ3) is 6.02. The second-order valence-electron chi connectivity index (χ2n) is 4.71. The molecule has 0 atom stereocenters. The fourth-order valence-electron chi connectivity index (χ4n) is 1.60. The molecular formula is C14H18F3N3O. The molecule has 0 spiro atoms. The molecule has 0 saturated carbocycles. The van der Waals surface area contributed by atoms with Crippen LogP contribution in [-0.2, 0) is 10.9 Å². The van der Waals surface area contributed by atoms with E-state index in [1.165, 1.54) is 6.07 Å². The summed E-state index contributed by atoms with van der Waals surface area (Å²) in [4.78, 5) is 1.98. The van der Waals surface area contributed by atoms with Gasteiger partial charge in [-0.3, -0.25) is 0 Å². The van der Waals surface area contributed by atoms with Gasteiger partial charge in [-0.1, -0.05) is 0 Å². The van der Waals surface area contributed by atoms with Crippen LogP contribution in [-0.4, -0.2) is 45.3 Å². The molecule has 0 radical (unpaired) electrons. The Morgan fingerprint density at radius 3 is 2.57 bits per heavy atom. The van der Waals surface area contributed by atoms with Crippen LogP contribution in [0.15, 0.2) is 18.2 Å². The van der Waals surface area contributed by atoms with Gasteiger partial charge in [0.05, 0.1) is 30.4 Å². The number of anilines is 1. The van der Waals surface area contributed by atoms with Gasteiger partial charge in [0, 0.05) is 18.8 Å². The number of nitriles is 1. The van der Waals surface area contributed by atoms with Gasteiger partial charge in [-0.25, -0.2) is 0 Å². The fraction of sp³-hybridized carbons (Fsp3) is 0.500. The first-order valence-electron chi connectivity index (χ1n) is 6.42. The summed E-state index contributed by atoms with van der Waals surface area (Å²) in [6.45, 7) is 2.15. The average Bonchev–Trinajstić information content (AvgIpc) is 2.41. The summed E-state index contributed by atoms with van der Waals surface area (Å²) in [5.41, 5.74) is -0.989. The van der Waals surface area contributed by atoms with Crippen LogP contribution in [0, 0.1) is 11.3 Å². The molecule has 1 aromatic rings. The molecule has 4 nitrogen and oxygen atoms in total. The number of nitrogens with one attached hydrogen (secondary N) is 1. The SMILES string of the molecule is CN(C)CCOCCNc1ccc(C#N)c(C(F)(F)F)c1. The Morgan fingerprint density at radius 2 is 2.00 bits per heavy atom. The number of likely N-dealkylation sites (N-methyl/N-ethyl adjacent to an activating group) is 1. The number of hydrogen-bond donors (Lipinski definition) is 1. The van der Waals surface area contributed by atoms with Crippen LogP contribution in [0.1, 0.15) is 11.1 Å². The highest BCUT2D eigenvalue weighted by Gasteiger charge is 2.33. The number of rotatable bonds is 7. The lowest BCUT2D eigenvalue weighted by Crippen LogP contribution is -2.20. The van der Waals surface area contributed by atoms with Gasteiger partial charge in [0.2, 0.25) is 0 Å². The first kappa shape index (κ1) is 17.3. The van der Waals surface area contributed by atoms with Crippen molar-refractivity contribution in [2.45, 2.75) is 6.18 Å². The summed E-state index contributed by atoms with van der Waals surface area (Å²) in [5.74, 6) is 0. The Kier molecular flexibility index (Phi) is 6.46. The third-order valence-corrected chi connectivity index (χ3v) is 2.70. The minimum Gasteiger partial charge on any atom is -0.383 e. The van der Waals surface area contributed by atoms with Crippen molar-refractivity contribution in [1.29, 1.82) is 5.26 Å². The molecule has 0 heterocycles. The molecule has 116 valence electrons. The minimum absolute atomic E-state index is 0.317. The predicted octanol–water partition coefficient (Wildman–Crippen LogP) is 2.57. The van der Waals surface area contributed by atoms with Crippen molar-refractivity contribution in [3.63, 3.8) is 0 Å². The van der Waals surface area contributed by atoms with Gasteiger partial charge in [-0.15, -0.1) is 0 Å². The second-order valence-corrected chi connectivity index (χ2v) is 4.71. The number of hydrogen-bond acceptors (Lipinski definition) is 4. The van der Waals surface area contributed by atoms with E-state index in [1.807, 2.05) is 19.0 Å². The molecule has 0 fully saturated rings. The van der Waals surface area contributed by atoms with Crippen molar-refractivity contribution >= 4 is 5.69 Å². The van der Waals surface area contributed by atoms with Crippen LogP contribution < -0.4 is 5.32 Å². The van der Waals surface area contributed by atoms with Gasteiger partial charge in [0.25, 0.3) is 0 Å². The lowest BCUT2D eigenvalue weighted by molar-refractivity contribution is -0.137. The maximum absolute atomic E-state index is 12.8. The lowest BCUT2D eigenvalue weighted by atomic mass is 10.1. The van der Waals surface area contributed by atoms with Crippen molar-refractivity contribution in [2.75, 3.05) is 45.7 Å². The second kappa shape index (κ2) is 7.86. The molecule has 1 rings (SSSR count). The summed E-state index contributed by atoms with van der Waals surface area (Å²) in [6.07, 6.45) is -4.54. The van der Waals surface area contributed by atoms with Crippen molar-refractivity contribution < 1.29 is 17.9 Å². The molecule has 0 aromatic heterocycles. The molecule has 0 amide bonds. The maximum atomic E-state index is 12.8. The van der Waals surface area contributed by atoms with E-state index in [0.29, 0.717) is 25.4 Å². The molecule has 0 bridgehead atoms. The van der Waals surface area contributed by atoms with E-state index in [1.54, 1.807) is 6.07 Å². The highest BCUT2D eigenvalue weighted by Crippen LogP contribution is 2.33. The number of nitrogens with zero attached hydrogens (tertiary/aromatic N) is 2. The van der Waals surface area contributed by atoms with Gasteiger partial charge in [0.15, 0.2) is 0 Å². The van der Waals surface area contributed by atoms with E-state index in [9.17, 15) is 13.2 Å². The standard InChI is InChI=1S/C14H18F3N3O/c1-20(2)6-8-21-7-5-19-12-4-3-11(10-18)13(9-12)14(15,16)17/h3-4,9,19H,5-8H2,1-2H3. The van der Waals surface area contributed by atoms with Gasteiger partial charge in [-0.2, -0.15) is 18.4 Å². The molecular weight excluding hydrogens is 283 g/mol. The first-order valence-corrected chi connectivity index (χ1v) is 6.42. The fourth-order valence-corrected chi connectivity index (χ4v) is 1.60. The van der Waals surface area contributed by atoms with Gasteiger partial charge in [-0.05, 0) is 32.3 Å². The third-order valence-electron chi connectivity index (χ3n) is 2.70. The van der Waals surface area contributed by atoms with E-state index in [4.69, 9.17) is 10.00 Å². The van der Waals surface area contributed by atoms with Crippen LogP contribution in [0.2, 0.25) is 0 Å². The zero-order valence-electron chi connectivity index (χ0n) is 12.0. The Bertz CT molecular complexity index is 495. The Labute approximate surface area is 122 Å². The highest BCUT2D eigenvalue weighted by atomic mass is 19.4. The van der Waals surface area contributed by atoms with Crippen LogP contribution in [0.4, 0.5) is 18.9 Å². The summed E-state index contributed by atoms with van der Waals surface area (Å²) in [6, 6.07) is 5.11. The Balaban J connectivity index is 2.52. The molecule has 1 aromatic carbocycles. The summed E-state index contributed by atoms with van der Waals surface area (Å²) in [5, 5.41) is 11.5. The van der Waals surface area contributed by atoms with E-state index >= 15 is 0 Å². The predicted molar refractivity (Wildman–Crippen MR) is 74.0 cm³/mol. The van der Waals surface area contributed by atoms with Crippen LogP contribution in [0.5, 0.6) is 0 Å². The Morgan fingerprint density at radius 1 is 1.29 bits per heavy atom. The quantitative estimate of drug-likeness (QED) is 0.786. The molecule has 21 heavy (non-hydrogen) atoms. The maximum Gasteiger partial charge on any atom is 0.417 e. The van der Waals surface area contributed by atoms with Gasteiger partial charge < -0.3 is 15.0 Å². The van der Waals surface area contributed by atoms with Crippen LogP contribution in [0.25, 0.3) is 0 Å². The van der Waals surface area contributed by atoms with E-state index in [2.05, 4.69) is 5.32 Å². The van der Waals surface area contributed by atoms with E-state index < -0.39 is 11.7 Å². The monoisotopic (exact) mass is 301 g/mol. The normalized spacial score (nSPS) is 11.5. The van der Waals surface area contributed by atoms with E-state index in [0.717, 1.165) is 18.7 Å². The Hall–Kier alpha value is -1.78. The molecule has 0 aliphatic heterocycles. The zero-order chi connectivity index (χ0) is 15.9. The van der Waals surface area contributed by atoms with Crippen LogP contribution in [0.3, 0.4) is 0 Å². The number of halogens is 3. The van der Waals surface area contributed by atoms with Gasteiger partial charge in [0.1, 0.15) is 0 Å². The summed E-state index contributed by atoms with van der Waals surface area (Å²) < 4.78 is 43.6. The smallest absolute Gasteiger partial charge is 0.383 e. The first-order chi connectivity index (χ1) is 9.84. The van der Waals surface area contributed by atoms with Gasteiger partial charge >= 0.3 is 6.18 Å². The summed E-state index contributed by atoms with van der Waals surface area (Å²) >= 11 is 0. The average molecular weight is 301 g/mol. The molecule has 0 unspecified atom stereocenters. The number of benzene rings is 1. The van der Waals surface area contributed by atoms with Crippen LogP contribution >= 0.6 is 0 Å². The topological polar surface area (TPSA) is 48.3 Å². The molecule has 0 aliphatic rings. The van der Waals surface area contributed by atoms with E-state index in [-0.39, 0.29) is 5.56 Å². The van der Waals surface area contributed by atoms with Crippen molar-refractivity contribution in [3.05, 3.63) is 29.3 Å². The molecule has 7 heteroatoms. The zero-order valence-corrected chi connectivity index (χ0v) is 12.0. The van der Waals surface area contributed by atoms with Crippen molar-refractivity contribution in [3.8, 4) is 6.07 Å². The molecule has 0 aliphatic carbocycles. The van der Waals surface area contributed by atoms with Crippen molar-refractivity contribution in [2.24, 2.45) is 0 Å². The highest BCUT2D eigenvalue weighted by molar-refractivity contribution is 5.53. The number of alkyl halides is 3.